The molecule has 1 amide bonds. The molecule has 1 aromatic heterocycles. The van der Waals surface area contributed by atoms with E-state index in [1.165, 1.54) is 29.9 Å². The summed E-state index contributed by atoms with van der Waals surface area (Å²) < 4.78 is 31.3. The SMILES string of the molecule is Cc1c(N(C)S(=O)(=O)c2cc(C(=O)N3CCN(C)CC3)ccc2Cl)c(=O)n(-c2ccccc2)n1C. The molecule has 35 heavy (non-hydrogen) atoms. The molecule has 2 heterocycles. The summed E-state index contributed by atoms with van der Waals surface area (Å²) in [5.41, 5.74) is 0.826. The van der Waals surface area contributed by atoms with Crippen molar-refractivity contribution in [2.24, 2.45) is 7.05 Å². The number of piperazine rings is 1. The summed E-state index contributed by atoms with van der Waals surface area (Å²) >= 11 is 6.31. The third kappa shape index (κ3) is 4.49. The van der Waals surface area contributed by atoms with Crippen molar-refractivity contribution in [3.05, 3.63) is 75.2 Å². The number of hydrogen-bond acceptors (Lipinski definition) is 5. The van der Waals surface area contributed by atoms with Crippen LogP contribution in [-0.4, -0.2) is 73.8 Å². The van der Waals surface area contributed by atoms with Gasteiger partial charge >= 0.3 is 0 Å². The second-order valence-electron chi connectivity index (χ2n) is 8.62. The average molecular weight is 518 g/mol. The molecule has 0 bridgehead atoms. The number of rotatable bonds is 5. The predicted molar refractivity (Wildman–Crippen MR) is 136 cm³/mol. The Balaban J connectivity index is 1.74. The van der Waals surface area contributed by atoms with E-state index >= 15 is 0 Å². The molecule has 186 valence electrons. The van der Waals surface area contributed by atoms with Crippen molar-refractivity contribution in [2.45, 2.75) is 11.8 Å². The fourth-order valence-corrected chi connectivity index (χ4v) is 5.96. The molecule has 0 radical (unpaired) electrons. The second-order valence-corrected chi connectivity index (χ2v) is 11.0. The van der Waals surface area contributed by atoms with Crippen LogP contribution in [0.2, 0.25) is 5.02 Å². The number of halogens is 1. The Morgan fingerprint density at radius 1 is 1.00 bits per heavy atom. The van der Waals surface area contributed by atoms with E-state index in [-0.39, 0.29) is 27.1 Å². The largest absolute Gasteiger partial charge is 0.336 e. The zero-order valence-electron chi connectivity index (χ0n) is 20.1. The quantitative estimate of drug-likeness (QED) is 0.518. The summed E-state index contributed by atoms with van der Waals surface area (Å²) in [5, 5.41) is -0.0243. The van der Waals surface area contributed by atoms with Gasteiger partial charge in [0.15, 0.2) is 0 Å². The van der Waals surface area contributed by atoms with E-state index in [0.29, 0.717) is 24.5 Å². The molecule has 9 nitrogen and oxygen atoms in total. The number of likely N-dealkylation sites (N-methyl/N-ethyl adjacent to an activating group) is 1. The predicted octanol–water partition coefficient (Wildman–Crippen LogP) is 2.35. The molecule has 1 saturated heterocycles. The molecule has 0 spiro atoms. The Bertz CT molecular complexity index is 1420. The number of sulfonamides is 1. The maximum Gasteiger partial charge on any atom is 0.296 e. The lowest BCUT2D eigenvalue weighted by molar-refractivity contribution is 0.0664. The van der Waals surface area contributed by atoms with Gasteiger partial charge in [0.05, 0.1) is 16.4 Å². The Labute approximate surface area is 209 Å². The molecule has 11 heteroatoms. The van der Waals surface area contributed by atoms with Crippen LogP contribution in [0.4, 0.5) is 5.69 Å². The Morgan fingerprint density at radius 3 is 2.26 bits per heavy atom. The van der Waals surface area contributed by atoms with Crippen molar-refractivity contribution in [1.82, 2.24) is 19.2 Å². The minimum absolute atomic E-state index is 0.00298. The normalized spacial score (nSPS) is 14.8. The van der Waals surface area contributed by atoms with Gasteiger partial charge in [-0.25, -0.2) is 13.1 Å². The van der Waals surface area contributed by atoms with E-state index in [1.807, 2.05) is 13.1 Å². The van der Waals surface area contributed by atoms with E-state index in [0.717, 1.165) is 17.4 Å². The fourth-order valence-electron chi connectivity index (χ4n) is 4.21. The number of para-hydroxylation sites is 1. The van der Waals surface area contributed by atoms with Gasteiger partial charge in [-0.15, -0.1) is 0 Å². The van der Waals surface area contributed by atoms with Crippen molar-refractivity contribution >= 4 is 33.2 Å². The molecular formula is C24H28ClN5O4S. The van der Waals surface area contributed by atoms with Crippen molar-refractivity contribution in [1.29, 1.82) is 0 Å². The van der Waals surface area contributed by atoms with E-state index < -0.39 is 15.6 Å². The summed E-state index contributed by atoms with van der Waals surface area (Å²) in [6, 6.07) is 13.2. The van der Waals surface area contributed by atoms with Gasteiger partial charge in [0.2, 0.25) is 0 Å². The maximum absolute atomic E-state index is 13.7. The molecule has 4 rings (SSSR count). The third-order valence-corrected chi connectivity index (χ3v) is 8.68. The summed E-state index contributed by atoms with van der Waals surface area (Å²) in [4.78, 5) is 30.0. The van der Waals surface area contributed by atoms with Gasteiger partial charge in [0, 0.05) is 45.8 Å². The van der Waals surface area contributed by atoms with Crippen LogP contribution in [0.3, 0.4) is 0 Å². The molecule has 1 aliphatic heterocycles. The first-order valence-corrected chi connectivity index (χ1v) is 13.0. The van der Waals surface area contributed by atoms with Crippen LogP contribution in [0.5, 0.6) is 0 Å². The van der Waals surface area contributed by atoms with Crippen molar-refractivity contribution in [3.63, 3.8) is 0 Å². The van der Waals surface area contributed by atoms with Crippen LogP contribution in [-0.2, 0) is 17.1 Å². The van der Waals surface area contributed by atoms with Crippen LogP contribution in [0.25, 0.3) is 5.69 Å². The number of amides is 1. The third-order valence-electron chi connectivity index (χ3n) is 6.45. The topological polar surface area (TPSA) is 87.9 Å². The van der Waals surface area contributed by atoms with Gasteiger partial charge in [-0.2, -0.15) is 0 Å². The minimum Gasteiger partial charge on any atom is -0.336 e. The first kappa shape index (κ1) is 25.0. The number of carbonyl (C=O) groups is 1. The molecule has 1 fully saturated rings. The number of aromatic nitrogens is 2. The second kappa shape index (κ2) is 9.52. The number of carbonyl (C=O) groups excluding carboxylic acids is 1. The van der Waals surface area contributed by atoms with E-state index in [9.17, 15) is 18.0 Å². The molecule has 0 unspecified atom stereocenters. The lowest BCUT2D eigenvalue weighted by Crippen LogP contribution is -2.47. The van der Waals surface area contributed by atoms with Crippen molar-refractivity contribution in [2.75, 3.05) is 44.6 Å². The van der Waals surface area contributed by atoms with Crippen LogP contribution in [0, 0.1) is 6.92 Å². The van der Waals surface area contributed by atoms with E-state index in [1.54, 1.807) is 47.8 Å². The highest BCUT2D eigenvalue weighted by Gasteiger charge is 2.31. The molecule has 0 saturated carbocycles. The number of anilines is 1. The Kier molecular flexibility index (Phi) is 6.81. The summed E-state index contributed by atoms with van der Waals surface area (Å²) in [6.07, 6.45) is 0. The van der Waals surface area contributed by atoms with Gasteiger partial charge in [-0.05, 0) is 44.3 Å². The fraction of sp³-hybridized carbons (Fsp3) is 0.333. The molecule has 2 aromatic carbocycles. The standard InChI is InChI=1S/C24H28ClN5O4S/c1-17-22(24(32)30(27(17)3)19-8-6-5-7-9-19)28(4)35(33,34)21-16-18(10-11-20(21)25)23(31)29-14-12-26(2)13-15-29/h5-11,16H,12-15H2,1-4H3. The highest BCUT2D eigenvalue weighted by Crippen LogP contribution is 2.29. The number of hydrogen-bond donors (Lipinski definition) is 0. The lowest BCUT2D eigenvalue weighted by atomic mass is 10.2. The highest BCUT2D eigenvalue weighted by atomic mass is 35.5. The molecule has 1 aliphatic rings. The Hall–Kier alpha value is -3.08. The van der Waals surface area contributed by atoms with Crippen molar-refractivity contribution < 1.29 is 13.2 Å². The number of nitrogens with zero attached hydrogens (tertiary/aromatic N) is 5. The summed E-state index contributed by atoms with van der Waals surface area (Å²) in [6.45, 7) is 4.28. The van der Waals surface area contributed by atoms with Gasteiger partial charge in [-0.1, -0.05) is 29.8 Å². The van der Waals surface area contributed by atoms with Crippen LogP contribution in [0.1, 0.15) is 16.1 Å². The van der Waals surface area contributed by atoms with E-state index in [2.05, 4.69) is 4.90 Å². The smallest absolute Gasteiger partial charge is 0.296 e. The summed E-state index contributed by atoms with van der Waals surface area (Å²) in [5.74, 6) is -0.254. The number of benzene rings is 2. The van der Waals surface area contributed by atoms with Crippen LogP contribution >= 0.6 is 11.6 Å². The Morgan fingerprint density at radius 2 is 1.63 bits per heavy atom. The zero-order valence-corrected chi connectivity index (χ0v) is 21.7. The summed E-state index contributed by atoms with van der Waals surface area (Å²) in [7, 11) is 0.745. The monoisotopic (exact) mass is 517 g/mol. The first-order valence-electron chi connectivity index (χ1n) is 11.1. The molecular weight excluding hydrogens is 490 g/mol. The highest BCUT2D eigenvalue weighted by molar-refractivity contribution is 7.93. The molecule has 0 atom stereocenters. The minimum atomic E-state index is -4.25. The van der Waals surface area contributed by atoms with Gasteiger partial charge in [-0.3, -0.25) is 18.6 Å². The average Bonchev–Trinajstić information content (AvgIpc) is 3.07. The lowest BCUT2D eigenvalue weighted by Gasteiger charge is -2.32. The van der Waals surface area contributed by atoms with Gasteiger partial charge in [0.1, 0.15) is 10.6 Å². The first-order chi connectivity index (χ1) is 16.5. The van der Waals surface area contributed by atoms with E-state index in [4.69, 9.17) is 11.6 Å². The molecule has 0 N–H and O–H groups in total. The molecule has 3 aromatic rings. The van der Waals surface area contributed by atoms with Crippen LogP contribution in [0.15, 0.2) is 58.2 Å². The van der Waals surface area contributed by atoms with Crippen molar-refractivity contribution in [3.8, 4) is 5.69 Å². The van der Waals surface area contributed by atoms with Crippen LogP contribution < -0.4 is 9.86 Å². The maximum atomic E-state index is 13.7. The van der Waals surface area contributed by atoms with Gasteiger partial charge < -0.3 is 9.80 Å². The van der Waals surface area contributed by atoms with Gasteiger partial charge in [0.25, 0.3) is 21.5 Å². The molecule has 0 aliphatic carbocycles. The zero-order chi connectivity index (χ0) is 25.5.